The first-order valence-electron chi connectivity index (χ1n) is 9.33. The molecule has 0 N–H and O–H groups in total. The second-order valence-electron chi connectivity index (χ2n) is 7.03. The van der Waals surface area contributed by atoms with Gasteiger partial charge in [0.05, 0.1) is 11.4 Å². The molecule has 0 radical (unpaired) electrons. The molecule has 0 saturated carbocycles. The lowest BCUT2D eigenvalue weighted by atomic mass is 10.2. The SMILES string of the molecule is Cc1nc2nc(SCC(=O)N3CCC(C)Sc4ccccc43)nn2c(C)c1C. The normalized spacial score (nSPS) is 16.9. The molecule has 0 aliphatic carbocycles. The maximum Gasteiger partial charge on any atom is 0.253 e. The van der Waals surface area contributed by atoms with Crippen LogP contribution in [0, 0.1) is 20.8 Å². The fourth-order valence-electron chi connectivity index (χ4n) is 3.25. The van der Waals surface area contributed by atoms with Gasteiger partial charge >= 0.3 is 0 Å². The summed E-state index contributed by atoms with van der Waals surface area (Å²) in [6, 6.07) is 8.15. The van der Waals surface area contributed by atoms with E-state index in [4.69, 9.17) is 0 Å². The highest BCUT2D eigenvalue weighted by Gasteiger charge is 2.24. The van der Waals surface area contributed by atoms with Gasteiger partial charge in [0.15, 0.2) is 0 Å². The Kier molecular flexibility index (Phi) is 5.33. The lowest BCUT2D eigenvalue weighted by Crippen LogP contribution is -2.33. The number of para-hydroxylation sites is 1. The third-order valence-corrected chi connectivity index (χ3v) is 7.17. The molecule has 0 bridgehead atoms. The second kappa shape index (κ2) is 7.75. The molecule has 3 aromatic rings. The van der Waals surface area contributed by atoms with Gasteiger partial charge in [0.25, 0.3) is 5.78 Å². The summed E-state index contributed by atoms with van der Waals surface area (Å²) in [5.74, 6) is 0.977. The molecule has 2 aromatic heterocycles. The maximum absolute atomic E-state index is 13.0. The zero-order chi connectivity index (χ0) is 19.8. The van der Waals surface area contributed by atoms with Crippen molar-refractivity contribution in [1.29, 1.82) is 0 Å². The smallest absolute Gasteiger partial charge is 0.253 e. The quantitative estimate of drug-likeness (QED) is 0.604. The van der Waals surface area contributed by atoms with Gasteiger partial charge in [0.2, 0.25) is 11.1 Å². The molecule has 8 heteroatoms. The molecule has 1 atom stereocenters. The van der Waals surface area contributed by atoms with Gasteiger partial charge < -0.3 is 4.90 Å². The van der Waals surface area contributed by atoms with Crippen LogP contribution in [0.5, 0.6) is 0 Å². The number of fused-ring (bicyclic) bond motifs is 2. The van der Waals surface area contributed by atoms with Crippen molar-refractivity contribution in [3.05, 3.63) is 41.2 Å². The molecule has 4 rings (SSSR count). The molecule has 6 nitrogen and oxygen atoms in total. The highest BCUT2D eigenvalue weighted by Crippen LogP contribution is 2.37. The Morgan fingerprint density at radius 2 is 2.04 bits per heavy atom. The molecule has 0 fully saturated rings. The van der Waals surface area contributed by atoms with Crippen LogP contribution < -0.4 is 4.90 Å². The van der Waals surface area contributed by atoms with E-state index in [1.807, 2.05) is 55.6 Å². The second-order valence-corrected chi connectivity index (χ2v) is 9.46. The molecule has 3 heterocycles. The molecule has 28 heavy (non-hydrogen) atoms. The average Bonchev–Trinajstić information content (AvgIpc) is 3.00. The Morgan fingerprint density at radius 3 is 2.86 bits per heavy atom. The summed E-state index contributed by atoms with van der Waals surface area (Å²) in [5, 5.41) is 5.61. The van der Waals surface area contributed by atoms with Crippen molar-refractivity contribution >= 4 is 40.9 Å². The third-order valence-electron chi connectivity index (χ3n) is 5.11. The number of thioether (sulfide) groups is 2. The van der Waals surface area contributed by atoms with Crippen molar-refractivity contribution in [3.63, 3.8) is 0 Å². The zero-order valence-electron chi connectivity index (χ0n) is 16.5. The summed E-state index contributed by atoms with van der Waals surface area (Å²) >= 11 is 3.21. The molecule has 146 valence electrons. The van der Waals surface area contributed by atoms with Crippen molar-refractivity contribution in [1.82, 2.24) is 19.6 Å². The van der Waals surface area contributed by atoms with E-state index >= 15 is 0 Å². The molecule has 1 aliphatic rings. The van der Waals surface area contributed by atoms with E-state index in [0.29, 0.717) is 21.9 Å². The Labute approximate surface area is 173 Å². The summed E-state index contributed by atoms with van der Waals surface area (Å²) in [4.78, 5) is 25.1. The number of hydrogen-bond donors (Lipinski definition) is 0. The number of carbonyl (C=O) groups is 1. The first-order valence-corrected chi connectivity index (χ1v) is 11.2. The van der Waals surface area contributed by atoms with E-state index in [1.54, 1.807) is 4.52 Å². The Bertz CT molecular complexity index is 1050. The summed E-state index contributed by atoms with van der Waals surface area (Å²) < 4.78 is 1.76. The highest BCUT2D eigenvalue weighted by molar-refractivity contribution is 8.00. The van der Waals surface area contributed by atoms with Gasteiger partial charge in [0.1, 0.15) is 0 Å². The molecule has 1 amide bonds. The Hall–Kier alpha value is -2.06. The van der Waals surface area contributed by atoms with Crippen molar-refractivity contribution in [3.8, 4) is 0 Å². The number of anilines is 1. The van der Waals surface area contributed by atoms with Crippen LogP contribution in [-0.4, -0.2) is 43.0 Å². The van der Waals surface area contributed by atoms with Crippen molar-refractivity contribution < 1.29 is 4.79 Å². The predicted molar refractivity (Wildman–Crippen MR) is 114 cm³/mol. The van der Waals surface area contributed by atoms with Crippen LogP contribution in [-0.2, 0) is 4.79 Å². The number of rotatable bonds is 3. The van der Waals surface area contributed by atoms with Crippen LogP contribution in [0.15, 0.2) is 34.3 Å². The van der Waals surface area contributed by atoms with Gasteiger partial charge in [-0.1, -0.05) is 30.8 Å². The van der Waals surface area contributed by atoms with E-state index in [1.165, 1.54) is 16.7 Å². The fraction of sp³-hybridized carbons (Fsp3) is 0.400. The lowest BCUT2D eigenvalue weighted by molar-refractivity contribution is -0.116. The number of carbonyl (C=O) groups excluding carboxylic acids is 1. The van der Waals surface area contributed by atoms with E-state index in [0.717, 1.165) is 35.6 Å². The number of aryl methyl sites for hydroxylation is 2. The molecular weight excluding hydrogens is 390 g/mol. The van der Waals surface area contributed by atoms with Crippen LogP contribution >= 0.6 is 23.5 Å². The number of benzene rings is 1. The summed E-state index contributed by atoms with van der Waals surface area (Å²) in [6.07, 6.45) is 0.976. The van der Waals surface area contributed by atoms with Crippen molar-refractivity contribution in [2.24, 2.45) is 0 Å². The van der Waals surface area contributed by atoms with Crippen LogP contribution in [0.2, 0.25) is 0 Å². The van der Waals surface area contributed by atoms with Gasteiger partial charge in [-0.05, 0) is 44.9 Å². The van der Waals surface area contributed by atoms with Gasteiger partial charge in [-0.25, -0.2) is 9.50 Å². The maximum atomic E-state index is 13.0. The summed E-state index contributed by atoms with van der Waals surface area (Å²) in [7, 11) is 0. The van der Waals surface area contributed by atoms with Gasteiger partial charge in [-0.2, -0.15) is 4.98 Å². The van der Waals surface area contributed by atoms with Crippen LogP contribution in [0.1, 0.15) is 30.3 Å². The van der Waals surface area contributed by atoms with Gasteiger partial charge in [-0.15, -0.1) is 16.9 Å². The number of nitrogens with zero attached hydrogens (tertiary/aromatic N) is 5. The zero-order valence-corrected chi connectivity index (χ0v) is 18.1. The van der Waals surface area contributed by atoms with Gasteiger partial charge in [0, 0.05) is 28.1 Å². The van der Waals surface area contributed by atoms with Crippen molar-refractivity contribution in [2.75, 3.05) is 17.2 Å². The standard InChI is InChI=1S/C20H23N5OS2/c1-12-9-10-24(16-7-5-6-8-17(16)28-12)18(26)11-27-20-22-19-21-14(3)13(2)15(4)25(19)23-20/h5-8,12H,9-11H2,1-4H3. The molecular formula is C20H23N5OS2. The molecule has 1 aliphatic heterocycles. The number of aromatic nitrogens is 4. The Balaban J connectivity index is 1.53. The van der Waals surface area contributed by atoms with Gasteiger partial charge in [-0.3, -0.25) is 4.79 Å². The molecule has 1 aromatic carbocycles. The minimum atomic E-state index is 0.0862. The number of amides is 1. The minimum Gasteiger partial charge on any atom is -0.311 e. The lowest BCUT2D eigenvalue weighted by Gasteiger charge is -2.22. The monoisotopic (exact) mass is 413 g/mol. The molecule has 0 saturated heterocycles. The van der Waals surface area contributed by atoms with E-state index in [-0.39, 0.29) is 5.91 Å². The topological polar surface area (TPSA) is 63.4 Å². The van der Waals surface area contributed by atoms with Crippen LogP contribution in [0.3, 0.4) is 0 Å². The van der Waals surface area contributed by atoms with Crippen LogP contribution in [0.4, 0.5) is 5.69 Å². The van der Waals surface area contributed by atoms with E-state index < -0.39 is 0 Å². The first-order chi connectivity index (χ1) is 13.4. The highest BCUT2D eigenvalue weighted by atomic mass is 32.2. The minimum absolute atomic E-state index is 0.0862. The summed E-state index contributed by atoms with van der Waals surface area (Å²) in [6.45, 7) is 8.97. The predicted octanol–water partition coefficient (Wildman–Crippen LogP) is 4.06. The largest absolute Gasteiger partial charge is 0.311 e. The van der Waals surface area contributed by atoms with Crippen molar-refractivity contribution in [2.45, 2.75) is 49.4 Å². The fourth-order valence-corrected chi connectivity index (χ4v) is 5.06. The Morgan fingerprint density at radius 1 is 1.25 bits per heavy atom. The van der Waals surface area contributed by atoms with Crippen LogP contribution in [0.25, 0.3) is 5.78 Å². The molecule has 0 spiro atoms. The van der Waals surface area contributed by atoms with E-state index in [2.05, 4.69) is 28.1 Å². The third kappa shape index (κ3) is 3.63. The first kappa shape index (κ1) is 19.3. The summed E-state index contributed by atoms with van der Waals surface area (Å²) in [5.41, 5.74) is 4.10. The number of hydrogen-bond acceptors (Lipinski definition) is 6. The molecule has 1 unspecified atom stereocenters. The van der Waals surface area contributed by atoms with E-state index in [9.17, 15) is 4.79 Å². The average molecular weight is 414 g/mol.